The van der Waals surface area contributed by atoms with Gasteiger partial charge in [0.25, 0.3) is 6.29 Å². The van der Waals surface area contributed by atoms with Gasteiger partial charge in [-0.1, -0.05) is 29.3 Å². The fourth-order valence-electron chi connectivity index (χ4n) is 0.824. The third-order valence-electron chi connectivity index (χ3n) is 1.41. The van der Waals surface area contributed by atoms with Crippen molar-refractivity contribution in [2.24, 2.45) is 0 Å². The van der Waals surface area contributed by atoms with Crippen LogP contribution >= 0.6 is 23.2 Å². The summed E-state index contributed by atoms with van der Waals surface area (Å²) >= 11 is 11.5. The second-order valence-corrected chi connectivity index (χ2v) is 3.03. The number of benzene rings is 1. The van der Waals surface area contributed by atoms with E-state index in [4.69, 9.17) is 23.2 Å². The third-order valence-corrected chi connectivity index (χ3v) is 1.97. The van der Waals surface area contributed by atoms with E-state index >= 15 is 0 Å². The van der Waals surface area contributed by atoms with Crippen molar-refractivity contribution in [1.29, 1.82) is 0 Å². The molecule has 0 saturated carbocycles. The van der Waals surface area contributed by atoms with Crippen LogP contribution in [0.1, 0.15) is 11.9 Å². The molecule has 0 spiro atoms. The number of rotatable bonds is 1. The average Bonchev–Trinajstić information content (AvgIpc) is 2.70. The summed E-state index contributed by atoms with van der Waals surface area (Å²) in [5, 5.41) is 1.18. The summed E-state index contributed by atoms with van der Waals surface area (Å²) in [7, 11) is 0. The van der Waals surface area contributed by atoms with Crippen molar-refractivity contribution in [3.8, 4) is 0 Å². The Morgan fingerprint density at radius 1 is 1.18 bits per heavy atom. The summed E-state index contributed by atoms with van der Waals surface area (Å²) < 4.78 is 0. The lowest BCUT2D eigenvalue weighted by atomic mass is 10.2. The first-order valence-corrected chi connectivity index (χ1v) is 3.80. The van der Waals surface area contributed by atoms with Crippen LogP contribution < -0.4 is 0 Å². The van der Waals surface area contributed by atoms with E-state index in [0.29, 0.717) is 10.0 Å². The topological polar surface area (TPSA) is 25.1 Å². The van der Waals surface area contributed by atoms with Gasteiger partial charge >= 0.3 is 0 Å². The van der Waals surface area contributed by atoms with Gasteiger partial charge in [0.1, 0.15) is 0 Å². The first-order chi connectivity index (χ1) is 5.27. The summed E-state index contributed by atoms with van der Waals surface area (Å²) in [6.45, 7) is 0. The van der Waals surface area contributed by atoms with Gasteiger partial charge in [-0.15, -0.1) is 0 Å². The van der Waals surface area contributed by atoms with Crippen molar-refractivity contribution in [2.75, 3.05) is 0 Å². The molecular formula is C7H4Cl2O2. The Bertz CT molecular complexity index is 284. The first kappa shape index (κ1) is 7.37. The molecule has 0 radical (unpaired) electrons. The van der Waals surface area contributed by atoms with E-state index in [1.165, 1.54) is 0 Å². The van der Waals surface area contributed by atoms with Crippen molar-refractivity contribution in [1.82, 2.24) is 0 Å². The Morgan fingerprint density at radius 3 is 2.45 bits per heavy atom. The lowest BCUT2D eigenvalue weighted by Gasteiger charge is -1.96. The zero-order chi connectivity index (χ0) is 7.84. The van der Waals surface area contributed by atoms with Gasteiger partial charge < -0.3 is 0 Å². The smallest absolute Gasteiger partial charge is 0.193 e. The van der Waals surface area contributed by atoms with Gasteiger partial charge in [0.05, 0.1) is 5.02 Å². The van der Waals surface area contributed by atoms with Gasteiger partial charge in [0.15, 0.2) is 0 Å². The van der Waals surface area contributed by atoms with Gasteiger partial charge in [-0.2, -0.15) is 9.78 Å². The van der Waals surface area contributed by atoms with Gasteiger partial charge in [-0.25, -0.2) is 0 Å². The van der Waals surface area contributed by atoms with E-state index in [1.54, 1.807) is 18.2 Å². The Balaban J connectivity index is 2.39. The molecule has 4 heteroatoms. The summed E-state index contributed by atoms with van der Waals surface area (Å²) in [5.41, 5.74) is 0.816. The molecule has 0 unspecified atom stereocenters. The molecule has 1 aliphatic heterocycles. The minimum absolute atomic E-state index is 0.292. The van der Waals surface area contributed by atoms with Crippen LogP contribution in [0.2, 0.25) is 10.0 Å². The van der Waals surface area contributed by atoms with Crippen LogP contribution in [0.5, 0.6) is 0 Å². The van der Waals surface area contributed by atoms with Crippen LogP contribution in [0.25, 0.3) is 0 Å². The number of halogens is 2. The SMILES string of the molecule is Clc1ccc(C2OO2)c(Cl)c1. The van der Waals surface area contributed by atoms with Gasteiger partial charge in [0.2, 0.25) is 0 Å². The molecule has 1 fully saturated rings. The molecule has 11 heavy (non-hydrogen) atoms. The Hall–Kier alpha value is -0.280. The molecule has 1 aliphatic rings. The van der Waals surface area contributed by atoms with Gasteiger partial charge in [0, 0.05) is 10.6 Å². The molecular weight excluding hydrogens is 187 g/mol. The molecule has 0 amide bonds. The predicted octanol–water partition coefficient (Wildman–Crippen LogP) is 2.95. The lowest BCUT2D eigenvalue weighted by molar-refractivity contribution is 0.0850. The van der Waals surface area contributed by atoms with Crippen LogP contribution in [0.3, 0.4) is 0 Å². The van der Waals surface area contributed by atoms with Crippen LogP contribution in [0, 0.1) is 0 Å². The third kappa shape index (κ3) is 1.49. The Labute approximate surface area is 73.6 Å². The van der Waals surface area contributed by atoms with Crippen molar-refractivity contribution >= 4 is 23.2 Å². The van der Waals surface area contributed by atoms with E-state index in [2.05, 4.69) is 9.78 Å². The lowest BCUT2D eigenvalue weighted by Crippen LogP contribution is -1.80. The summed E-state index contributed by atoms with van der Waals surface area (Å²) in [5.74, 6) is 0. The highest BCUT2D eigenvalue weighted by Gasteiger charge is 2.30. The zero-order valence-electron chi connectivity index (χ0n) is 5.38. The second-order valence-electron chi connectivity index (χ2n) is 2.19. The molecule has 1 aromatic carbocycles. The molecule has 0 N–H and O–H groups in total. The van der Waals surface area contributed by atoms with E-state index < -0.39 is 0 Å². The van der Waals surface area contributed by atoms with E-state index in [1.807, 2.05) is 0 Å². The maximum Gasteiger partial charge on any atom is 0.251 e. The van der Waals surface area contributed by atoms with Crippen molar-refractivity contribution in [2.45, 2.75) is 6.29 Å². The largest absolute Gasteiger partial charge is 0.251 e. The van der Waals surface area contributed by atoms with E-state index in [9.17, 15) is 0 Å². The molecule has 58 valence electrons. The molecule has 1 aromatic rings. The fraction of sp³-hybridized carbons (Fsp3) is 0.143. The van der Waals surface area contributed by atoms with Gasteiger partial charge in [-0.05, 0) is 12.1 Å². The molecule has 2 nitrogen and oxygen atoms in total. The monoisotopic (exact) mass is 190 g/mol. The maximum absolute atomic E-state index is 5.82. The normalized spacial score (nSPS) is 16.9. The fourth-order valence-corrected chi connectivity index (χ4v) is 1.32. The summed E-state index contributed by atoms with van der Waals surface area (Å²) in [6, 6.07) is 5.18. The quantitative estimate of drug-likeness (QED) is 0.503. The molecule has 1 heterocycles. The highest BCUT2D eigenvalue weighted by Crippen LogP contribution is 2.37. The Morgan fingerprint density at radius 2 is 1.91 bits per heavy atom. The highest BCUT2D eigenvalue weighted by atomic mass is 35.5. The van der Waals surface area contributed by atoms with Crippen LogP contribution in [0.4, 0.5) is 0 Å². The summed E-state index contributed by atoms with van der Waals surface area (Å²) in [6.07, 6.45) is -0.292. The molecule has 0 bridgehead atoms. The number of hydrogen-bond acceptors (Lipinski definition) is 2. The predicted molar refractivity (Wildman–Crippen MR) is 41.4 cm³/mol. The van der Waals surface area contributed by atoms with E-state index in [-0.39, 0.29) is 6.29 Å². The van der Waals surface area contributed by atoms with Gasteiger partial charge in [-0.3, -0.25) is 0 Å². The van der Waals surface area contributed by atoms with Crippen molar-refractivity contribution in [3.63, 3.8) is 0 Å². The zero-order valence-corrected chi connectivity index (χ0v) is 6.89. The number of hydrogen-bond donors (Lipinski definition) is 0. The highest BCUT2D eigenvalue weighted by molar-refractivity contribution is 6.35. The molecule has 0 atom stereocenters. The van der Waals surface area contributed by atoms with Crippen LogP contribution in [-0.2, 0) is 9.78 Å². The van der Waals surface area contributed by atoms with Crippen LogP contribution in [0.15, 0.2) is 18.2 Å². The first-order valence-electron chi connectivity index (χ1n) is 3.04. The minimum atomic E-state index is -0.292. The van der Waals surface area contributed by atoms with Crippen molar-refractivity contribution < 1.29 is 9.78 Å². The molecule has 0 aromatic heterocycles. The Kier molecular flexibility index (Phi) is 1.77. The average molecular weight is 191 g/mol. The molecule has 0 aliphatic carbocycles. The maximum atomic E-state index is 5.82. The second kappa shape index (κ2) is 2.64. The molecule has 2 rings (SSSR count). The standard InChI is InChI=1S/C7H4Cl2O2/c8-4-1-2-5(6(9)3-4)7-10-11-7/h1-3,7H. The van der Waals surface area contributed by atoms with Crippen LogP contribution in [-0.4, -0.2) is 0 Å². The van der Waals surface area contributed by atoms with Crippen molar-refractivity contribution in [3.05, 3.63) is 33.8 Å². The summed E-state index contributed by atoms with van der Waals surface area (Å²) in [4.78, 5) is 9.18. The minimum Gasteiger partial charge on any atom is -0.193 e. The molecule has 1 saturated heterocycles. The van der Waals surface area contributed by atoms with E-state index in [0.717, 1.165) is 5.56 Å².